The monoisotopic (exact) mass is 139 g/mol. The number of hydrogen-bond donors (Lipinski definition) is 2. The highest BCUT2D eigenvalue weighted by molar-refractivity contribution is 5.39. The summed E-state index contributed by atoms with van der Waals surface area (Å²) in [6, 6.07) is 1.87. The summed E-state index contributed by atoms with van der Waals surface area (Å²) in [5.41, 5.74) is 0.738. The summed E-state index contributed by atoms with van der Waals surface area (Å²) in [6.45, 7) is 1.89. The molecule has 2 N–H and O–H groups in total. The Bertz CT molecular complexity index is 222. The number of aliphatic hydroxyl groups is 1. The summed E-state index contributed by atoms with van der Waals surface area (Å²) in [6.07, 6.45) is 0. The van der Waals surface area contributed by atoms with Gasteiger partial charge in [-0.15, -0.1) is 0 Å². The Morgan fingerprint density at radius 3 is 3.40 bits per heavy atom. The molecule has 0 amide bonds. The lowest BCUT2D eigenvalue weighted by atomic mass is 10.4. The molecule has 4 nitrogen and oxygen atoms in total. The van der Waals surface area contributed by atoms with Gasteiger partial charge in [-0.05, 0) is 0 Å². The van der Waals surface area contributed by atoms with Gasteiger partial charge >= 0.3 is 0 Å². The highest BCUT2D eigenvalue weighted by atomic mass is 16.3. The fourth-order valence-electron chi connectivity index (χ4n) is 1.15. The van der Waals surface area contributed by atoms with Crippen LogP contribution in [0.25, 0.3) is 0 Å². The van der Waals surface area contributed by atoms with Crippen molar-refractivity contribution in [1.29, 1.82) is 0 Å². The lowest BCUT2D eigenvalue weighted by Crippen LogP contribution is -1.98. The molecule has 0 aromatic carbocycles. The van der Waals surface area contributed by atoms with Crippen molar-refractivity contribution in [1.82, 2.24) is 9.78 Å². The lowest BCUT2D eigenvalue weighted by Gasteiger charge is -1.88. The van der Waals surface area contributed by atoms with Gasteiger partial charge in [0, 0.05) is 12.6 Å². The van der Waals surface area contributed by atoms with Crippen molar-refractivity contribution < 1.29 is 5.11 Å². The molecular weight excluding hydrogens is 130 g/mol. The zero-order chi connectivity index (χ0) is 6.97. The van der Waals surface area contributed by atoms with Gasteiger partial charge in [-0.25, -0.2) is 4.68 Å². The minimum atomic E-state index is 0.0294. The van der Waals surface area contributed by atoms with Gasteiger partial charge in [-0.2, -0.15) is 5.10 Å². The first-order valence-electron chi connectivity index (χ1n) is 3.31. The van der Waals surface area contributed by atoms with Gasteiger partial charge in [0.1, 0.15) is 5.82 Å². The van der Waals surface area contributed by atoms with Gasteiger partial charge < -0.3 is 10.4 Å². The number of aliphatic hydroxyl groups excluding tert-OH is 1. The molecule has 0 spiro atoms. The molecule has 2 heterocycles. The van der Waals surface area contributed by atoms with Crippen LogP contribution in [0.2, 0.25) is 0 Å². The summed E-state index contributed by atoms with van der Waals surface area (Å²) < 4.78 is 1.87. The van der Waals surface area contributed by atoms with E-state index in [2.05, 4.69) is 10.4 Å². The minimum Gasteiger partial charge on any atom is -0.390 e. The molecule has 1 aromatic heterocycles. The van der Waals surface area contributed by atoms with Crippen molar-refractivity contribution in [3.05, 3.63) is 11.8 Å². The van der Waals surface area contributed by atoms with Gasteiger partial charge in [0.15, 0.2) is 0 Å². The number of aromatic nitrogens is 2. The fraction of sp³-hybridized carbons (Fsp3) is 0.500. The molecule has 1 aliphatic heterocycles. The van der Waals surface area contributed by atoms with Crippen LogP contribution in [0.4, 0.5) is 5.82 Å². The van der Waals surface area contributed by atoms with Crippen LogP contribution in [0.3, 0.4) is 0 Å². The topological polar surface area (TPSA) is 50.1 Å². The molecule has 0 atom stereocenters. The summed E-state index contributed by atoms with van der Waals surface area (Å²) in [7, 11) is 0. The third-order valence-electron chi connectivity index (χ3n) is 1.62. The predicted molar refractivity (Wildman–Crippen MR) is 36.6 cm³/mol. The highest BCUT2D eigenvalue weighted by Gasteiger charge is 2.11. The molecule has 0 fully saturated rings. The van der Waals surface area contributed by atoms with E-state index in [1.807, 2.05) is 10.7 Å². The molecule has 10 heavy (non-hydrogen) atoms. The molecule has 0 aliphatic carbocycles. The van der Waals surface area contributed by atoms with Gasteiger partial charge in [-0.3, -0.25) is 0 Å². The lowest BCUT2D eigenvalue weighted by molar-refractivity contribution is 0.275. The van der Waals surface area contributed by atoms with E-state index in [4.69, 9.17) is 5.11 Å². The number of nitrogens with one attached hydrogen (secondary N) is 1. The molecule has 0 unspecified atom stereocenters. The average molecular weight is 139 g/mol. The molecule has 0 saturated carbocycles. The van der Waals surface area contributed by atoms with Gasteiger partial charge in [0.05, 0.1) is 18.8 Å². The molecule has 54 valence electrons. The number of anilines is 1. The van der Waals surface area contributed by atoms with E-state index in [-0.39, 0.29) is 6.61 Å². The van der Waals surface area contributed by atoms with Crippen LogP contribution in [0, 0.1) is 0 Å². The van der Waals surface area contributed by atoms with Crippen molar-refractivity contribution in [2.75, 3.05) is 11.9 Å². The van der Waals surface area contributed by atoms with Crippen LogP contribution in [-0.2, 0) is 13.2 Å². The number of hydrogen-bond acceptors (Lipinski definition) is 3. The Morgan fingerprint density at radius 2 is 2.70 bits per heavy atom. The van der Waals surface area contributed by atoms with Crippen LogP contribution in [0.5, 0.6) is 0 Å². The first-order chi connectivity index (χ1) is 4.90. The second kappa shape index (κ2) is 1.98. The normalized spacial score (nSPS) is 14.9. The van der Waals surface area contributed by atoms with E-state index >= 15 is 0 Å². The maximum absolute atomic E-state index is 8.69. The Kier molecular flexibility index (Phi) is 1.14. The van der Waals surface area contributed by atoms with E-state index in [0.29, 0.717) is 0 Å². The summed E-state index contributed by atoms with van der Waals surface area (Å²) in [5, 5.41) is 15.9. The molecule has 0 bridgehead atoms. The summed E-state index contributed by atoms with van der Waals surface area (Å²) in [4.78, 5) is 0. The first-order valence-corrected chi connectivity index (χ1v) is 3.31. The fourth-order valence-corrected chi connectivity index (χ4v) is 1.15. The molecule has 1 aromatic rings. The van der Waals surface area contributed by atoms with E-state index in [1.165, 1.54) is 0 Å². The van der Waals surface area contributed by atoms with Crippen LogP contribution in [0.1, 0.15) is 5.69 Å². The van der Waals surface area contributed by atoms with Gasteiger partial charge in [0.25, 0.3) is 0 Å². The third-order valence-corrected chi connectivity index (χ3v) is 1.62. The Balaban J connectivity index is 2.37. The number of rotatable bonds is 1. The average Bonchev–Trinajstić information content (AvgIpc) is 2.42. The molecule has 0 saturated heterocycles. The van der Waals surface area contributed by atoms with Crippen molar-refractivity contribution in [2.24, 2.45) is 0 Å². The van der Waals surface area contributed by atoms with Crippen LogP contribution >= 0.6 is 0 Å². The van der Waals surface area contributed by atoms with Crippen molar-refractivity contribution in [3.63, 3.8) is 0 Å². The van der Waals surface area contributed by atoms with E-state index < -0.39 is 0 Å². The van der Waals surface area contributed by atoms with Crippen LogP contribution in [0.15, 0.2) is 6.07 Å². The quantitative estimate of drug-likeness (QED) is 0.566. The summed E-state index contributed by atoms with van der Waals surface area (Å²) >= 11 is 0. The first kappa shape index (κ1) is 5.73. The highest BCUT2D eigenvalue weighted by Crippen LogP contribution is 2.14. The smallest absolute Gasteiger partial charge is 0.124 e. The SMILES string of the molecule is OCc1cc2n(n1)CCN2. The molecule has 4 heteroatoms. The zero-order valence-electron chi connectivity index (χ0n) is 5.54. The van der Waals surface area contributed by atoms with Crippen molar-refractivity contribution >= 4 is 5.82 Å². The minimum absolute atomic E-state index is 0.0294. The van der Waals surface area contributed by atoms with E-state index in [1.54, 1.807) is 0 Å². The van der Waals surface area contributed by atoms with Crippen LogP contribution < -0.4 is 5.32 Å². The zero-order valence-corrected chi connectivity index (χ0v) is 5.54. The van der Waals surface area contributed by atoms with Crippen LogP contribution in [-0.4, -0.2) is 21.4 Å². The van der Waals surface area contributed by atoms with Crippen molar-refractivity contribution in [2.45, 2.75) is 13.2 Å². The Morgan fingerprint density at radius 1 is 1.80 bits per heavy atom. The molecule has 0 radical (unpaired) electrons. The standard InChI is InChI=1S/C6H9N3O/c10-4-5-3-6-7-1-2-9(6)8-5/h3,7,10H,1-2,4H2. The second-order valence-corrected chi connectivity index (χ2v) is 2.33. The molecular formula is C6H9N3O. The Labute approximate surface area is 58.5 Å². The second-order valence-electron chi connectivity index (χ2n) is 2.33. The molecule has 1 aliphatic rings. The van der Waals surface area contributed by atoms with Crippen molar-refractivity contribution in [3.8, 4) is 0 Å². The summed E-state index contributed by atoms with van der Waals surface area (Å²) in [5.74, 6) is 1.02. The largest absolute Gasteiger partial charge is 0.390 e. The van der Waals surface area contributed by atoms with E-state index in [9.17, 15) is 0 Å². The Hall–Kier alpha value is -1.03. The maximum atomic E-state index is 8.69. The molecule has 2 rings (SSSR count). The van der Waals surface area contributed by atoms with E-state index in [0.717, 1.165) is 24.6 Å². The van der Waals surface area contributed by atoms with Gasteiger partial charge in [-0.1, -0.05) is 0 Å². The van der Waals surface area contributed by atoms with Gasteiger partial charge in [0.2, 0.25) is 0 Å². The third kappa shape index (κ3) is 0.690. The number of nitrogens with zero attached hydrogens (tertiary/aromatic N) is 2. The maximum Gasteiger partial charge on any atom is 0.124 e. The number of fused-ring (bicyclic) bond motifs is 1. The predicted octanol–water partition coefficient (Wildman–Crippen LogP) is -0.199.